The molecule has 3 rings (SSSR count). The highest BCUT2D eigenvalue weighted by atomic mass is 32.1. The third-order valence-corrected chi connectivity index (χ3v) is 3.41. The largest absolute Gasteiger partial charge is 0.399 e. The molecule has 0 saturated heterocycles. The minimum Gasteiger partial charge on any atom is -0.399 e. The highest BCUT2D eigenvalue weighted by Gasteiger charge is 2.03. The summed E-state index contributed by atoms with van der Waals surface area (Å²) in [4.78, 5) is 4.36. The summed E-state index contributed by atoms with van der Waals surface area (Å²) in [6.45, 7) is 0. The summed E-state index contributed by atoms with van der Waals surface area (Å²) in [7, 11) is 0. The normalized spacial score (nSPS) is 10.6. The number of rotatable bonds is 2. The zero-order valence-electron chi connectivity index (χ0n) is 9.05. The maximum Gasteiger partial charge on any atom is 0.139 e. The lowest BCUT2D eigenvalue weighted by Crippen LogP contribution is -1.94. The van der Waals surface area contributed by atoms with Gasteiger partial charge in [-0.3, -0.25) is 0 Å². The van der Waals surface area contributed by atoms with Crippen molar-refractivity contribution in [3.05, 3.63) is 48.0 Å². The molecule has 2 aromatic heterocycles. The van der Waals surface area contributed by atoms with Gasteiger partial charge in [-0.2, -0.15) is 0 Å². The van der Waals surface area contributed by atoms with E-state index in [1.165, 1.54) is 4.70 Å². The van der Waals surface area contributed by atoms with E-state index in [0.29, 0.717) is 0 Å². The monoisotopic (exact) mass is 241 g/mol. The predicted octanol–water partition coefficient (Wildman–Crippen LogP) is 3.62. The molecule has 3 aromatic rings. The Kier molecular flexibility index (Phi) is 2.42. The molecule has 0 spiro atoms. The number of benzene rings is 1. The fourth-order valence-electron chi connectivity index (χ4n) is 1.75. The number of nitrogen functional groups attached to an aromatic ring is 1. The number of nitrogens with one attached hydrogen (secondary N) is 1. The molecule has 0 saturated carbocycles. The Balaban J connectivity index is 2.02. The first-order valence-electron chi connectivity index (χ1n) is 5.28. The van der Waals surface area contributed by atoms with Crippen molar-refractivity contribution in [3.8, 4) is 0 Å². The molecule has 3 N–H and O–H groups in total. The van der Waals surface area contributed by atoms with Crippen LogP contribution in [0.5, 0.6) is 0 Å². The number of hydrogen-bond donors (Lipinski definition) is 2. The second kappa shape index (κ2) is 4.07. The molecule has 0 radical (unpaired) electrons. The maximum atomic E-state index is 5.75. The minimum absolute atomic E-state index is 0.743. The lowest BCUT2D eigenvalue weighted by atomic mass is 10.2. The molecule has 3 nitrogen and oxygen atoms in total. The second-order valence-corrected chi connectivity index (χ2v) is 4.69. The van der Waals surface area contributed by atoms with Gasteiger partial charge in [-0.05, 0) is 35.7 Å². The molecule has 0 unspecified atom stereocenters. The van der Waals surface area contributed by atoms with Gasteiger partial charge in [-0.15, -0.1) is 11.3 Å². The van der Waals surface area contributed by atoms with Crippen molar-refractivity contribution in [2.45, 2.75) is 0 Å². The van der Waals surface area contributed by atoms with Crippen molar-refractivity contribution in [1.82, 2.24) is 4.98 Å². The topological polar surface area (TPSA) is 50.9 Å². The number of hydrogen-bond acceptors (Lipinski definition) is 4. The van der Waals surface area contributed by atoms with Crippen molar-refractivity contribution < 1.29 is 0 Å². The van der Waals surface area contributed by atoms with Gasteiger partial charge in [0.2, 0.25) is 0 Å². The van der Waals surface area contributed by atoms with Gasteiger partial charge in [0, 0.05) is 27.7 Å². The highest BCUT2D eigenvalue weighted by Crippen LogP contribution is 2.28. The molecule has 0 aliphatic rings. The number of nitrogens with two attached hydrogens (primary N) is 1. The summed E-state index contributed by atoms with van der Waals surface area (Å²) >= 11 is 1.71. The first-order chi connectivity index (χ1) is 8.33. The number of thiophene rings is 1. The van der Waals surface area contributed by atoms with Crippen molar-refractivity contribution in [1.29, 1.82) is 0 Å². The van der Waals surface area contributed by atoms with E-state index in [2.05, 4.69) is 21.7 Å². The van der Waals surface area contributed by atoms with Crippen LogP contribution in [0, 0.1) is 0 Å². The van der Waals surface area contributed by atoms with E-state index in [-0.39, 0.29) is 0 Å². The first kappa shape index (κ1) is 10.1. The Morgan fingerprint density at radius 3 is 3.00 bits per heavy atom. The smallest absolute Gasteiger partial charge is 0.139 e. The summed E-state index contributed by atoms with van der Waals surface area (Å²) in [5.74, 6) is 0.870. The van der Waals surface area contributed by atoms with Crippen molar-refractivity contribution in [2.24, 2.45) is 0 Å². The minimum atomic E-state index is 0.743. The molecule has 0 bridgehead atoms. The Morgan fingerprint density at radius 2 is 2.12 bits per heavy atom. The van der Waals surface area contributed by atoms with E-state index < -0.39 is 0 Å². The van der Waals surface area contributed by atoms with Crippen molar-refractivity contribution >= 4 is 38.6 Å². The molecular formula is C13H11N3S. The molecular weight excluding hydrogens is 230 g/mol. The second-order valence-electron chi connectivity index (χ2n) is 3.74. The van der Waals surface area contributed by atoms with Gasteiger partial charge >= 0.3 is 0 Å². The van der Waals surface area contributed by atoms with E-state index >= 15 is 0 Å². The van der Waals surface area contributed by atoms with Gasteiger partial charge in [-0.1, -0.05) is 6.07 Å². The van der Waals surface area contributed by atoms with Gasteiger partial charge in [-0.25, -0.2) is 4.98 Å². The van der Waals surface area contributed by atoms with Gasteiger partial charge in [0.05, 0.1) is 0 Å². The van der Waals surface area contributed by atoms with Crippen LogP contribution in [0.4, 0.5) is 17.2 Å². The number of pyridine rings is 1. The molecule has 17 heavy (non-hydrogen) atoms. The van der Waals surface area contributed by atoms with Crippen LogP contribution in [0.3, 0.4) is 0 Å². The van der Waals surface area contributed by atoms with Crippen LogP contribution in [0.15, 0.2) is 48.0 Å². The molecule has 4 heteroatoms. The molecule has 1 aromatic carbocycles. The molecule has 0 aliphatic carbocycles. The van der Waals surface area contributed by atoms with E-state index in [1.54, 1.807) is 11.3 Å². The Bertz CT molecular complexity index is 660. The Labute approximate surface area is 103 Å². The first-order valence-corrected chi connectivity index (χ1v) is 6.16. The Hall–Kier alpha value is -2.07. The number of nitrogens with zero attached hydrogens (tertiary/aromatic N) is 1. The summed E-state index contributed by atoms with van der Waals surface area (Å²) < 4.78 is 1.23. The van der Waals surface area contributed by atoms with E-state index in [9.17, 15) is 0 Å². The summed E-state index contributed by atoms with van der Waals surface area (Å²) in [5, 5.41) is 6.49. The number of anilines is 3. The lowest BCUT2D eigenvalue weighted by Gasteiger charge is -2.07. The molecule has 2 heterocycles. The Morgan fingerprint density at radius 1 is 1.18 bits per heavy atom. The van der Waals surface area contributed by atoms with Crippen molar-refractivity contribution in [3.63, 3.8) is 0 Å². The van der Waals surface area contributed by atoms with Crippen LogP contribution in [-0.4, -0.2) is 4.98 Å². The van der Waals surface area contributed by atoms with Gasteiger partial charge in [0.15, 0.2) is 0 Å². The van der Waals surface area contributed by atoms with Crippen molar-refractivity contribution in [2.75, 3.05) is 11.1 Å². The molecule has 0 aliphatic heterocycles. The summed E-state index contributed by atoms with van der Waals surface area (Å²) in [5.41, 5.74) is 7.44. The molecule has 84 valence electrons. The van der Waals surface area contributed by atoms with E-state index in [1.807, 2.05) is 36.5 Å². The summed E-state index contributed by atoms with van der Waals surface area (Å²) in [6, 6.07) is 11.7. The van der Waals surface area contributed by atoms with Crippen LogP contribution in [-0.2, 0) is 0 Å². The fraction of sp³-hybridized carbons (Fsp3) is 0. The number of aromatic nitrogens is 1. The van der Waals surface area contributed by atoms with Crippen LogP contribution in [0.2, 0.25) is 0 Å². The van der Waals surface area contributed by atoms with Gasteiger partial charge in [0.1, 0.15) is 5.82 Å². The van der Waals surface area contributed by atoms with Gasteiger partial charge in [0.25, 0.3) is 0 Å². The summed E-state index contributed by atoms with van der Waals surface area (Å²) in [6.07, 6.45) is 1.81. The van der Waals surface area contributed by atoms with Crippen LogP contribution < -0.4 is 11.1 Å². The third kappa shape index (κ3) is 1.94. The van der Waals surface area contributed by atoms with E-state index in [4.69, 9.17) is 5.73 Å². The maximum absolute atomic E-state index is 5.75. The van der Waals surface area contributed by atoms with Crippen LogP contribution >= 0.6 is 11.3 Å². The van der Waals surface area contributed by atoms with Crippen LogP contribution in [0.1, 0.15) is 0 Å². The SMILES string of the molecule is Nc1cccc(Nc2nccc3sccc23)c1. The standard InChI is InChI=1S/C13H11N3S/c14-9-2-1-3-10(8-9)16-13-11-5-7-17-12(11)4-6-15-13/h1-8H,14H2,(H,15,16). The van der Waals surface area contributed by atoms with E-state index in [0.717, 1.165) is 22.6 Å². The quantitative estimate of drug-likeness (QED) is 0.674. The average Bonchev–Trinajstić information content (AvgIpc) is 2.78. The number of fused-ring (bicyclic) bond motifs is 1. The average molecular weight is 241 g/mol. The zero-order valence-corrected chi connectivity index (χ0v) is 9.87. The molecule has 0 fully saturated rings. The third-order valence-electron chi connectivity index (χ3n) is 2.53. The zero-order chi connectivity index (χ0) is 11.7. The molecule has 0 amide bonds. The lowest BCUT2D eigenvalue weighted by molar-refractivity contribution is 1.34. The fourth-order valence-corrected chi connectivity index (χ4v) is 2.53. The van der Waals surface area contributed by atoms with Gasteiger partial charge < -0.3 is 11.1 Å². The predicted molar refractivity (Wildman–Crippen MR) is 73.8 cm³/mol. The van der Waals surface area contributed by atoms with Crippen LogP contribution in [0.25, 0.3) is 10.1 Å². The highest BCUT2D eigenvalue weighted by molar-refractivity contribution is 7.17. The molecule has 0 atom stereocenters.